The highest BCUT2D eigenvalue weighted by Crippen LogP contribution is 2.21. The van der Waals surface area contributed by atoms with Crippen molar-refractivity contribution < 1.29 is 4.79 Å². The van der Waals surface area contributed by atoms with Crippen molar-refractivity contribution in [3.05, 3.63) is 21.9 Å². The van der Waals surface area contributed by atoms with Gasteiger partial charge < -0.3 is 5.32 Å². The second-order valence-electron chi connectivity index (χ2n) is 1.95. The lowest BCUT2D eigenvalue weighted by Crippen LogP contribution is -2.19. The third kappa shape index (κ3) is 0.629. The van der Waals surface area contributed by atoms with Gasteiger partial charge in [-0.2, -0.15) is 0 Å². The predicted octanol–water partition coefficient (Wildman–Crippen LogP) is 1.17. The Morgan fingerprint density at radius 1 is 1.60 bits per heavy atom. The molecular weight excluding hydrogens is 166 g/mol. The maximum absolute atomic E-state index is 10.9. The highest BCUT2D eigenvalue weighted by atomic mass is 32.1. The number of carbonyl (C=O) groups excluding carboxylic acids is 1. The minimum atomic E-state index is -0.0683. The number of thiophene rings is 1. The average Bonchev–Trinajstić information content (AvgIpc) is 2.39. The van der Waals surface area contributed by atoms with E-state index in [4.69, 9.17) is 12.2 Å². The van der Waals surface area contributed by atoms with Gasteiger partial charge >= 0.3 is 0 Å². The van der Waals surface area contributed by atoms with Crippen LogP contribution in [0.4, 0.5) is 0 Å². The third-order valence-corrected chi connectivity index (χ3v) is 2.71. The SMILES string of the molecule is O=C1NC(=S)c2sccc21. The van der Waals surface area contributed by atoms with Crippen molar-refractivity contribution in [2.45, 2.75) is 0 Å². The summed E-state index contributed by atoms with van der Waals surface area (Å²) in [6, 6.07) is 1.79. The Kier molecular flexibility index (Phi) is 1.12. The fourth-order valence-corrected chi connectivity index (χ4v) is 2.02. The molecule has 10 heavy (non-hydrogen) atoms. The van der Waals surface area contributed by atoms with Gasteiger partial charge in [-0.05, 0) is 11.4 Å². The predicted molar refractivity (Wildman–Crippen MR) is 43.5 cm³/mol. The van der Waals surface area contributed by atoms with E-state index in [1.54, 1.807) is 6.07 Å². The van der Waals surface area contributed by atoms with E-state index in [0.29, 0.717) is 4.99 Å². The lowest BCUT2D eigenvalue weighted by Gasteiger charge is -1.87. The average molecular weight is 169 g/mol. The summed E-state index contributed by atoms with van der Waals surface area (Å²) >= 11 is 6.38. The molecule has 0 bridgehead atoms. The molecule has 0 radical (unpaired) electrons. The van der Waals surface area contributed by atoms with Crippen LogP contribution in [0.25, 0.3) is 0 Å². The van der Waals surface area contributed by atoms with Crippen LogP contribution in [0.15, 0.2) is 11.4 Å². The van der Waals surface area contributed by atoms with Crippen molar-refractivity contribution in [2.24, 2.45) is 0 Å². The Balaban J connectivity index is 2.69. The summed E-state index contributed by atoms with van der Waals surface area (Å²) in [5, 5.41) is 4.44. The van der Waals surface area contributed by atoms with Gasteiger partial charge in [-0.15, -0.1) is 11.3 Å². The largest absolute Gasteiger partial charge is 0.312 e. The maximum Gasteiger partial charge on any atom is 0.257 e. The van der Waals surface area contributed by atoms with E-state index < -0.39 is 0 Å². The van der Waals surface area contributed by atoms with Crippen LogP contribution >= 0.6 is 23.6 Å². The van der Waals surface area contributed by atoms with Crippen LogP contribution in [0, 0.1) is 0 Å². The molecule has 0 fully saturated rings. The Bertz CT molecular complexity index is 287. The number of carbonyl (C=O) groups is 1. The van der Waals surface area contributed by atoms with Gasteiger partial charge in [0.15, 0.2) is 0 Å². The molecule has 0 unspecified atom stereocenters. The van der Waals surface area contributed by atoms with Crippen LogP contribution in [-0.2, 0) is 0 Å². The standard InChI is InChI=1S/C6H3NOS2/c8-5-3-1-2-10-4(3)6(9)7-5/h1-2H,(H,7,8,9). The molecule has 2 heterocycles. The number of fused-ring (bicyclic) bond motifs is 1. The molecule has 1 aromatic rings. The Hall–Kier alpha value is -0.740. The molecule has 0 saturated heterocycles. The first-order chi connectivity index (χ1) is 4.79. The Morgan fingerprint density at radius 2 is 2.40 bits per heavy atom. The van der Waals surface area contributed by atoms with Crippen molar-refractivity contribution >= 4 is 34.5 Å². The van der Waals surface area contributed by atoms with E-state index in [1.165, 1.54) is 11.3 Å². The first kappa shape index (κ1) is 6.00. The second-order valence-corrected chi connectivity index (χ2v) is 3.27. The van der Waals surface area contributed by atoms with E-state index in [1.807, 2.05) is 5.38 Å². The van der Waals surface area contributed by atoms with Crippen LogP contribution in [-0.4, -0.2) is 10.9 Å². The minimum absolute atomic E-state index is 0.0683. The number of rotatable bonds is 0. The molecule has 0 atom stereocenters. The van der Waals surface area contributed by atoms with E-state index in [9.17, 15) is 4.79 Å². The Labute approximate surface area is 66.9 Å². The first-order valence-corrected chi connectivity index (χ1v) is 4.01. The highest BCUT2D eigenvalue weighted by Gasteiger charge is 2.24. The molecule has 0 saturated carbocycles. The van der Waals surface area contributed by atoms with Crippen molar-refractivity contribution in [1.29, 1.82) is 0 Å². The molecule has 1 aromatic heterocycles. The van der Waals surface area contributed by atoms with Crippen LogP contribution < -0.4 is 5.32 Å². The molecule has 50 valence electrons. The smallest absolute Gasteiger partial charge is 0.257 e. The van der Waals surface area contributed by atoms with Gasteiger partial charge in [0.05, 0.1) is 10.4 Å². The van der Waals surface area contributed by atoms with Crippen LogP contribution in [0.2, 0.25) is 0 Å². The Morgan fingerprint density at radius 3 is 3.10 bits per heavy atom. The summed E-state index contributed by atoms with van der Waals surface area (Å²) in [7, 11) is 0. The summed E-state index contributed by atoms with van der Waals surface area (Å²) in [5.74, 6) is -0.0683. The van der Waals surface area contributed by atoms with Gasteiger partial charge in [0.25, 0.3) is 5.91 Å². The van der Waals surface area contributed by atoms with Gasteiger partial charge in [-0.3, -0.25) is 4.79 Å². The van der Waals surface area contributed by atoms with Crippen molar-refractivity contribution in [3.63, 3.8) is 0 Å². The molecule has 1 amide bonds. The van der Waals surface area contributed by atoms with E-state index in [0.717, 1.165) is 10.4 Å². The van der Waals surface area contributed by atoms with E-state index in [2.05, 4.69) is 5.32 Å². The summed E-state index contributed by atoms with van der Waals surface area (Å²) < 4.78 is 0. The van der Waals surface area contributed by atoms with Gasteiger partial charge in [-0.1, -0.05) is 12.2 Å². The van der Waals surface area contributed by atoms with Crippen molar-refractivity contribution in [3.8, 4) is 0 Å². The van der Waals surface area contributed by atoms with Crippen LogP contribution in [0.5, 0.6) is 0 Å². The van der Waals surface area contributed by atoms with Gasteiger partial charge in [0.1, 0.15) is 4.99 Å². The van der Waals surface area contributed by atoms with Crippen molar-refractivity contribution in [2.75, 3.05) is 0 Å². The molecule has 1 aliphatic rings. The topological polar surface area (TPSA) is 29.1 Å². The van der Waals surface area contributed by atoms with Gasteiger partial charge in [0.2, 0.25) is 0 Å². The van der Waals surface area contributed by atoms with Crippen LogP contribution in [0.1, 0.15) is 15.2 Å². The monoisotopic (exact) mass is 169 g/mol. The molecule has 2 rings (SSSR count). The lowest BCUT2D eigenvalue weighted by molar-refractivity contribution is 0.0984. The third-order valence-electron chi connectivity index (χ3n) is 1.34. The molecule has 1 N–H and O–H groups in total. The first-order valence-electron chi connectivity index (χ1n) is 2.72. The molecule has 0 spiro atoms. The maximum atomic E-state index is 10.9. The van der Waals surface area contributed by atoms with Crippen molar-refractivity contribution in [1.82, 2.24) is 5.32 Å². The van der Waals surface area contributed by atoms with E-state index >= 15 is 0 Å². The zero-order valence-electron chi connectivity index (χ0n) is 4.88. The zero-order valence-corrected chi connectivity index (χ0v) is 6.51. The quantitative estimate of drug-likeness (QED) is 0.591. The molecule has 0 aliphatic carbocycles. The number of hydrogen-bond acceptors (Lipinski definition) is 3. The molecular formula is C6H3NOS2. The number of thiocarbonyl (C=S) groups is 1. The molecule has 1 aliphatic heterocycles. The number of nitrogens with one attached hydrogen (secondary N) is 1. The molecule has 0 aromatic carbocycles. The highest BCUT2D eigenvalue weighted by molar-refractivity contribution is 7.81. The van der Waals surface area contributed by atoms with Crippen LogP contribution in [0.3, 0.4) is 0 Å². The minimum Gasteiger partial charge on any atom is -0.312 e. The fourth-order valence-electron chi connectivity index (χ4n) is 0.891. The summed E-state index contributed by atoms with van der Waals surface area (Å²) in [6.07, 6.45) is 0. The summed E-state index contributed by atoms with van der Waals surface area (Å²) in [5.41, 5.74) is 0.718. The second kappa shape index (κ2) is 1.87. The fraction of sp³-hybridized carbons (Fsp3) is 0. The number of hydrogen-bond donors (Lipinski definition) is 1. The molecule has 4 heteroatoms. The molecule has 2 nitrogen and oxygen atoms in total. The summed E-state index contributed by atoms with van der Waals surface area (Å²) in [4.78, 5) is 12.4. The number of amides is 1. The summed E-state index contributed by atoms with van der Waals surface area (Å²) in [6.45, 7) is 0. The normalized spacial score (nSPS) is 15.2. The van der Waals surface area contributed by atoms with Gasteiger partial charge in [-0.25, -0.2) is 0 Å². The lowest BCUT2D eigenvalue weighted by atomic mass is 10.3. The van der Waals surface area contributed by atoms with E-state index in [-0.39, 0.29) is 5.91 Å². The zero-order chi connectivity index (χ0) is 7.14. The van der Waals surface area contributed by atoms with Gasteiger partial charge in [0, 0.05) is 0 Å².